The second-order valence-electron chi connectivity index (χ2n) is 3.97. The van der Waals surface area contributed by atoms with Gasteiger partial charge < -0.3 is 15.8 Å². The molecule has 0 spiro atoms. The van der Waals surface area contributed by atoms with Gasteiger partial charge in [0.1, 0.15) is 5.00 Å². The lowest BCUT2D eigenvalue weighted by Crippen LogP contribution is -2.00. The normalized spacial score (nSPS) is 10.2. The SMILES string of the molecule is COc1c(NCc2ccncc2)sc(C(C)=O)c1N. The molecule has 2 aromatic rings. The van der Waals surface area contributed by atoms with Gasteiger partial charge in [-0.05, 0) is 17.7 Å². The Hall–Kier alpha value is -2.08. The van der Waals surface area contributed by atoms with E-state index in [1.807, 2.05) is 12.1 Å². The number of anilines is 2. The summed E-state index contributed by atoms with van der Waals surface area (Å²) in [6.45, 7) is 2.12. The van der Waals surface area contributed by atoms with E-state index in [4.69, 9.17) is 10.5 Å². The minimum Gasteiger partial charge on any atom is -0.492 e. The van der Waals surface area contributed by atoms with Crippen molar-refractivity contribution in [2.45, 2.75) is 13.5 Å². The smallest absolute Gasteiger partial charge is 0.176 e. The molecule has 0 unspecified atom stereocenters. The molecule has 0 bridgehead atoms. The molecule has 2 heterocycles. The van der Waals surface area contributed by atoms with Crippen molar-refractivity contribution in [2.75, 3.05) is 18.2 Å². The van der Waals surface area contributed by atoms with Crippen LogP contribution < -0.4 is 15.8 Å². The summed E-state index contributed by atoms with van der Waals surface area (Å²) in [5.41, 5.74) is 7.39. The number of aromatic nitrogens is 1. The molecule has 0 aromatic carbocycles. The van der Waals surface area contributed by atoms with E-state index in [1.54, 1.807) is 19.5 Å². The summed E-state index contributed by atoms with van der Waals surface area (Å²) in [7, 11) is 1.54. The van der Waals surface area contributed by atoms with Crippen molar-refractivity contribution in [1.82, 2.24) is 4.98 Å². The molecule has 2 aromatic heterocycles. The van der Waals surface area contributed by atoms with Gasteiger partial charge in [0.05, 0.1) is 17.7 Å². The van der Waals surface area contributed by atoms with Gasteiger partial charge in [0, 0.05) is 25.9 Å². The standard InChI is InChI=1S/C13H15N3O2S/c1-8(17)12-10(14)11(18-2)13(19-12)16-7-9-3-5-15-6-4-9/h3-6,16H,7,14H2,1-2H3. The van der Waals surface area contributed by atoms with Crippen molar-refractivity contribution >= 4 is 27.8 Å². The molecule has 0 aliphatic carbocycles. The number of hydrogen-bond acceptors (Lipinski definition) is 6. The topological polar surface area (TPSA) is 77.2 Å². The molecule has 5 nitrogen and oxygen atoms in total. The highest BCUT2D eigenvalue weighted by Crippen LogP contribution is 2.42. The maximum absolute atomic E-state index is 11.5. The zero-order valence-electron chi connectivity index (χ0n) is 10.8. The van der Waals surface area contributed by atoms with E-state index < -0.39 is 0 Å². The van der Waals surface area contributed by atoms with Gasteiger partial charge in [-0.3, -0.25) is 9.78 Å². The molecule has 0 fully saturated rings. The van der Waals surface area contributed by atoms with Crippen molar-refractivity contribution in [2.24, 2.45) is 0 Å². The number of ketones is 1. The van der Waals surface area contributed by atoms with E-state index in [0.717, 1.165) is 10.6 Å². The number of nitrogens with zero attached hydrogens (tertiary/aromatic N) is 1. The lowest BCUT2D eigenvalue weighted by atomic mass is 10.2. The van der Waals surface area contributed by atoms with Crippen LogP contribution in [0.25, 0.3) is 0 Å². The first-order valence-corrected chi connectivity index (χ1v) is 6.55. The Balaban J connectivity index is 2.20. The Morgan fingerprint density at radius 2 is 2.16 bits per heavy atom. The zero-order valence-corrected chi connectivity index (χ0v) is 11.6. The fourth-order valence-electron chi connectivity index (χ4n) is 1.69. The van der Waals surface area contributed by atoms with E-state index in [2.05, 4.69) is 10.3 Å². The van der Waals surface area contributed by atoms with Gasteiger partial charge in [0.2, 0.25) is 0 Å². The van der Waals surface area contributed by atoms with Crippen LogP contribution in [-0.2, 0) is 6.54 Å². The van der Waals surface area contributed by atoms with Gasteiger partial charge in [-0.25, -0.2) is 0 Å². The monoisotopic (exact) mass is 277 g/mol. The van der Waals surface area contributed by atoms with Crippen molar-refractivity contribution in [3.05, 3.63) is 35.0 Å². The van der Waals surface area contributed by atoms with Crippen LogP contribution in [0.2, 0.25) is 0 Å². The van der Waals surface area contributed by atoms with Gasteiger partial charge in [-0.15, -0.1) is 11.3 Å². The van der Waals surface area contributed by atoms with Gasteiger partial charge in [-0.1, -0.05) is 0 Å². The lowest BCUT2D eigenvalue weighted by molar-refractivity contribution is 0.102. The molecule has 100 valence electrons. The number of methoxy groups -OCH3 is 1. The highest BCUT2D eigenvalue weighted by atomic mass is 32.1. The van der Waals surface area contributed by atoms with Crippen LogP contribution in [0.1, 0.15) is 22.2 Å². The fourth-order valence-corrected chi connectivity index (χ4v) is 2.67. The van der Waals surface area contributed by atoms with Crippen molar-refractivity contribution < 1.29 is 9.53 Å². The number of Topliss-reactive ketones (excluding diaryl/α,β-unsaturated/α-hetero) is 1. The van der Waals surface area contributed by atoms with Crippen molar-refractivity contribution in [1.29, 1.82) is 0 Å². The Kier molecular flexibility index (Phi) is 4.01. The molecule has 2 rings (SSSR count). The maximum atomic E-state index is 11.5. The number of thiophene rings is 1. The predicted molar refractivity (Wildman–Crippen MR) is 76.9 cm³/mol. The Morgan fingerprint density at radius 1 is 1.47 bits per heavy atom. The molecule has 19 heavy (non-hydrogen) atoms. The van der Waals surface area contributed by atoms with Crippen LogP contribution in [0.5, 0.6) is 5.75 Å². The van der Waals surface area contributed by atoms with Gasteiger partial charge >= 0.3 is 0 Å². The highest BCUT2D eigenvalue weighted by Gasteiger charge is 2.19. The molecule has 0 saturated carbocycles. The summed E-state index contributed by atoms with van der Waals surface area (Å²) in [5, 5.41) is 4.00. The Morgan fingerprint density at radius 3 is 2.74 bits per heavy atom. The Bertz CT molecular complexity index is 581. The highest BCUT2D eigenvalue weighted by molar-refractivity contribution is 7.19. The quantitative estimate of drug-likeness (QED) is 0.821. The summed E-state index contributed by atoms with van der Waals surface area (Å²) in [6.07, 6.45) is 3.47. The number of rotatable bonds is 5. The van der Waals surface area contributed by atoms with Crippen LogP contribution in [0.3, 0.4) is 0 Å². The molecule has 3 N–H and O–H groups in total. The van der Waals surface area contributed by atoms with Crippen LogP contribution in [0.4, 0.5) is 10.7 Å². The number of nitrogens with one attached hydrogen (secondary N) is 1. The van der Waals surface area contributed by atoms with Crippen LogP contribution >= 0.6 is 11.3 Å². The minimum absolute atomic E-state index is 0.0576. The molecule has 0 aliphatic heterocycles. The van der Waals surface area contributed by atoms with Crippen LogP contribution in [0, 0.1) is 0 Å². The first-order chi connectivity index (χ1) is 9.13. The first kappa shape index (κ1) is 13.4. The molecule has 0 aliphatic rings. The average molecular weight is 277 g/mol. The molecule has 0 atom stereocenters. The number of nitrogens with two attached hydrogens (primary N) is 1. The lowest BCUT2D eigenvalue weighted by Gasteiger charge is -2.06. The third-order valence-corrected chi connectivity index (χ3v) is 3.87. The summed E-state index contributed by atoms with van der Waals surface area (Å²) >= 11 is 1.31. The van der Waals surface area contributed by atoms with Gasteiger partial charge in [0.25, 0.3) is 0 Å². The third-order valence-electron chi connectivity index (χ3n) is 2.63. The molecule has 0 amide bonds. The molecular formula is C13H15N3O2S. The van der Waals surface area contributed by atoms with Gasteiger partial charge in [0.15, 0.2) is 11.5 Å². The number of carbonyl (C=O) groups excluding carboxylic acids is 1. The number of hydrogen-bond donors (Lipinski definition) is 2. The summed E-state index contributed by atoms with van der Waals surface area (Å²) in [4.78, 5) is 15.9. The van der Waals surface area contributed by atoms with E-state index in [9.17, 15) is 4.79 Å². The first-order valence-electron chi connectivity index (χ1n) is 5.73. The summed E-state index contributed by atoms with van der Waals surface area (Å²) < 4.78 is 5.25. The average Bonchev–Trinajstić information content (AvgIpc) is 2.74. The molecule has 6 heteroatoms. The number of pyridine rings is 1. The summed E-state index contributed by atoms with van der Waals surface area (Å²) in [6, 6.07) is 3.84. The second-order valence-corrected chi connectivity index (χ2v) is 4.99. The fraction of sp³-hybridized carbons (Fsp3) is 0.231. The van der Waals surface area contributed by atoms with E-state index in [0.29, 0.717) is 22.9 Å². The van der Waals surface area contributed by atoms with Gasteiger partial charge in [-0.2, -0.15) is 0 Å². The molecule has 0 saturated heterocycles. The summed E-state index contributed by atoms with van der Waals surface area (Å²) in [5.74, 6) is 0.474. The number of nitrogen functional groups attached to an aromatic ring is 1. The number of carbonyl (C=O) groups is 1. The second kappa shape index (κ2) is 5.71. The largest absolute Gasteiger partial charge is 0.492 e. The third kappa shape index (κ3) is 2.85. The predicted octanol–water partition coefficient (Wildman–Crippen LogP) is 2.55. The molecule has 0 radical (unpaired) electrons. The Labute approximate surface area is 115 Å². The zero-order chi connectivity index (χ0) is 13.8. The van der Waals surface area contributed by atoms with E-state index in [-0.39, 0.29) is 5.78 Å². The van der Waals surface area contributed by atoms with Crippen molar-refractivity contribution in [3.8, 4) is 5.75 Å². The van der Waals surface area contributed by atoms with E-state index >= 15 is 0 Å². The molecular weight excluding hydrogens is 262 g/mol. The van der Waals surface area contributed by atoms with E-state index in [1.165, 1.54) is 18.3 Å². The minimum atomic E-state index is -0.0576. The maximum Gasteiger partial charge on any atom is 0.176 e. The number of ether oxygens (including phenoxy) is 1. The van der Waals surface area contributed by atoms with Crippen LogP contribution in [0.15, 0.2) is 24.5 Å². The van der Waals surface area contributed by atoms with Crippen LogP contribution in [-0.4, -0.2) is 17.9 Å². The van der Waals surface area contributed by atoms with Crippen molar-refractivity contribution in [3.63, 3.8) is 0 Å².